The van der Waals surface area contributed by atoms with E-state index in [9.17, 15) is 4.79 Å². The molecular weight excluding hydrogens is 523 g/mol. The van der Waals surface area contributed by atoms with Crippen LogP contribution in [0.4, 0.5) is 0 Å². The van der Waals surface area contributed by atoms with E-state index in [-0.39, 0.29) is 5.56 Å². The molecule has 4 rings (SSSR count). The summed E-state index contributed by atoms with van der Waals surface area (Å²) >= 11 is 18.6. The van der Waals surface area contributed by atoms with Crippen molar-refractivity contribution >= 4 is 77.1 Å². The Labute approximate surface area is 180 Å². The van der Waals surface area contributed by atoms with Crippen molar-refractivity contribution < 1.29 is 4.74 Å². The molecule has 2 heterocycles. The number of halogens is 4. The van der Waals surface area contributed by atoms with Crippen LogP contribution in [-0.2, 0) is 0 Å². The highest BCUT2D eigenvalue weighted by molar-refractivity contribution is 9.10. The second-order valence-electron chi connectivity index (χ2n) is 5.14. The van der Waals surface area contributed by atoms with E-state index in [0.29, 0.717) is 32.5 Å². The van der Waals surface area contributed by atoms with Crippen LogP contribution in [0.3, 0.4) is 0 Å². The zero-order valence-corrected chi connectivity index (χ0v) is 18.3. The summed E-state index contributed by atoms with van der Waals surface area (Å²) in [6, 6.07) is 7.25. The largest absolute Gasteiger partial charge is 0.480 e. The summed E-state index contributed by atoms with van der Waals surface area (Å²) in [5, 5.41) is 1.02. The number of nitrogens with one attached hydrogen (secondary N) is 1. The molecule has 4 aromatic rings. The van der Waals surface area contributed by atoms with E-state index in [1.807, 2.05) is 12.1 Å². The second kappa shape index (κ2) is 8.52. The van der Waals surface area contributed by atoms with Gasteiger partial charge in [0.15, 0.2) is 0 Å². The van der Waals surface area contributed by atoms with Gasteiger partial charge in [-0.05, 0) is 56.1 Å². The third-order valence-corrected chi connectivity index (χ3v) is 5.99. The first-order chi connectivity index (χ1) is 12.9. The number of H-pyrrole nitrogens is 1. The van der Waals surface area contributed by atoms with Gasteiger partial charge >= 0.3 is 0 Å². The van der Waals surface area contributed by atoms with Crippen LogP contribution in [0.5, 0.6) is 5.88 Å². The highest BCUT2D eigenvalue weighted by Crippen LogP contribution is 2.29. The van der Waals surface area contributed by atoms with Crippen molar-refractivity contribution in [2.45, 2.75) is 0 Å². The molecule has 0 aliphatic heterocycles. The average molecular weight is 533 g/mol. The van der Waals surface area contributed by atoms with Gasteiger partial charge in [-0.15, -0.1) is 0 Å². The predicted molar refractivity (Wildman–Crippen MR) is 114 cm³/mol. The molecule has 0 fully saturated rings. The number of aromatic nitrogens is 4. The number of hydrogen-bond donors (Lipinski definition) is 1. The molecule has 2 aromatic heterocycles. The van der Waals surface area contributed by atoms with Gasteiger partial charge in [-0.3, -0.25) is 4.79 Å². The Morgan fingerprint density at radius 2 is 1.59 bits per heavy atom. The van der Waals surface area contributed by atoms with Crippen molar-refractivity contribution in [1.29, 1.82) is 0 Å². The number of ether oxygens (including phenoxy) is 1. The van der Waals surface area contributed by atoms with Crippen LogP contribution < -0.4 is 10.3 Å². The fourth-order valence-electron chi connectivity index (χ4n) is 2.15. The van der Waals surface area contributed by atoms with E-state index in [1.165, 1.54) is 6.20 Å². The number of nitrogens with zero attached hydrogens (tertiary/aromatic N) is 3. The van der Waals surface area contributed by atoms with Gasteiger partial charge in [0.05, 0.1) is 46.1 Å². The first-order valence-electron chi connectivity index (χ1n) is 7.38. The molecule has 0 spiro atoms. The van der Waals surface area contributed by atoms with E-state index in [2.05, 4.69) is 51.8 Å². The molecule has 1 N–H and O–H groups in total. The summed E-state index contributed by atoms with van der Waals surface area (Å²) in [6.07, 6.45) is 2.79. The monoisotopic (exact) mass is 530 g/mol. The molecule has 0 aliphatic carbocycles. The smallest absolute Gasteiger partial charge is 0.266 e. The molecule has 0 unspecified atom stereocenters. The Balaban J connectivity index is 0.000000156. The summed E-state index contributed by atoms with van der Waals surface area (Å²) in [4.78, 5) is 25.9. The number of aromatic amines is 1. The Hall–Kier alpha value is -1.74. The van der Waals surface area contributed by atoms with E-state index in [0.717, 1.165) is 14.5 Å². The first-order valence-corrected chi connectivity index (χ1v) is 9.72. The zero-order valence-electron chi connectivity index (χ0n) is 13.6. The van der Waals surface area contributed by atoms with Crippen LogP contribution in [0, 0.1) is 0 Å². The lowest BCUT2D eigenvalue weighted by Gasteiger charge is -2.03. The number of hydrogen-bond acceptors (Lipinski definition) is 5. The highest BCUT2D eigenvalue weighted by atomic mass is 79.9. The minimum Gasteiger partial charge on any atom is -0.480 e. The minimum absolute atomic E-state index is 0.257. The molecule has 0 amide bonds. The Morgan fingerprint density at radius 3 is 2.30 bits per heavy atom. The summed E-state index contributed by atoms with van der Waals surface area (Å²) in [5.74, 6) is 0.456. The van der Waals surface area contributed by atoms with E-state index in [4.69, 9.17) is 27.9 Å². The highest BCUT2D eigenvalue weighted by Gasteiger charge is 2.07. The molecule has 6 nitrogen and oxygen atoms in total. The number of rotatable bonds is 1. The molecule has 138 valence electrons. The molecule has 2 aromatic carbocycles. The minimum atomic E-state index is -0.257. The van der Waals surface area contributed by atoms with Crippen LogP contribution in [0.2, 0.25) is 10.0 Å². The van der Waals surface area contributed by atoms with Crippen molar-refractivity contribution in [3.05, 3.63) is 66.0 Å². The van der Waals surface area contributed by atoms with Crippen molar-refractivity contribution in [1.82, 2.24) is 19.9 Å². The molecule has 0 radical (unpaired) electrons. The summed E-state index contributed by atoms with van der Waals surface area (Å²) < 4.78 is 6.51. The standard InChI is InChI=1S/C9H6BrClN2O.C8H4BrClN2O/c1-14-7-4-12-6-3-2-5(10)8(11)9(6)13-7;9-4-1-2-5-8(7(4)10)12-6(13)3-11-5/h2-4H,1H3;1-3H,(H,12,13). The fraction of sp³-hybridized carbons (Fsp3) is 0.0588. The molecule has 10 heteroatoms. The van der Waals surface area contributed by atoms with Gasteiger partial charge in [0.25, 0.3) is 5.56 Å². The maximum absolute atomic E-state index is 11.0. The van der Waals surface area contributed by atoms with Gasteiger partial charge in [0.2, 0.25) is 5.88 Å². The van der Waals surface area contributed by atoms with Gasteiger partial charge < -0.3 is 9.72 Å². The van der Waals surface area contributed by atoms with Crippen molar-refractivity contribution in [2.75, 3.05) is 7.11 Å². The molecule has 0 atom stereocenters. The summed E-state index contributed by atoms with van der Waals surface area (Å²) in [7, 11) is 1.54. The van der Waals surface area contributed by atoms with Crippen LogP contribution in [0.25, 0.3) is 22.1 Å². The van der Waals surface area contributed by atoms with E-state index in [1.54, 1.807) is 25.4 Å². The molecular formula is C17H10Br2Cl2N4O2. The lowest BCUT2D eigenvalue weighted by atomic mass is 10.3. The van der Waals surface area contributed by atoms with Gasteiger partial charge in [-0.1, -0.05) is 23.2 Å². The fourth-order valence-corrected chi connectivity index (χ4v) is 3.21. The lowest BCUT2D eigenvalue weighted by molar-refractivity contribution is 0.397. The Morgan fingerprint density at radius 1 is 0.963 bits per heavy atom. The summed E-state index contributed by atoms with van der Waals surface area (Å²) in [5.41, 5.74) is 2.36. The van der Waals surface area contributed by atoms with Crippen molar-refractivity contribution in [3.8, 4) is 5.88 Å². The SMILES string of the molecule is COc1cnc2ccc(Br)c(Cl)c2n1.O=c1cnc2ccc(Br)c(Cl)c2[nH]1. The maximum atomic E-state index is 11.0. The normalized spacial score (nSPS) is 10.6. The molecule has 0 saturated carbocycles. The van der Waals surface area contributed by atoms with Crippen LogP contribution >= 0.6 is 55.1 Å². The molecule has 0 saturated heterocycles. The third-order valence-electron chi connectivity index (χ3n) is 3.43. The first kappa shape index (κ1) is 20.0. The predicted octanol–water partition coefficient (Wildman–Crippen LogP) is 5.39. The van der Waals surface area contributed by atoms with Gasteiger partial charge in [0, 0.05) is 8.95 Å². The Bertz CT molecular complexity index is 1200. The second-order valence-corrected chi connectivity index (χ2v) is 7.61. The average Bonchev–Trinajstić information content (AvgIpc) is 2.68. The lowest BCUT2D eigenvalue weighted by Crippen LogP contribution is -2.05. The molecule has 0 aliphatic rings. The van der Waals surface area contributed by atoms with Crippen LogP contribution in [0.1, 0.15) is 0 Å². The van der Waals surface area contributed by atoms with Crippen LogP contribution in [0.15, 0.2) is 50.4 Å². The van der Waals surface area contributed by atoms with E-state index >= 15 is 0 Å². The topological polar surface area (TPSA) is 80.8 Å². The quantitative estimate of drug-likeness (QED) is 0.355. The number of fused-ring (bicyclic) bond motifs is 2. The van der Waals surface area contributed by atoms with Gasteiger partial charge in [0.1, 0.15) is 5.52 Å². The number of benzene rings is 2. The maximum Gasteiger partial charge on any atom is 0.266 e. The van der Waals surface area contributed by atoms with Gasteiger partial charge in [-0.2, -0.15) is 0 Å². The summed E-state index contributed by atoms with van der Waals surface area (Å²) in [6.45, 7) is 0. The molecule has 27 heavy (non-hydrogen) atoms. The van der Waals surface area contributed by atoms with E-state index < -0.39 is 0 Å². The van der Waals surface area contributed by atoms with Crippen molar-refractivity contribution in [2.24, 2.45) is 0 Å². The van der Waals surface area contributed by atoms with Crippen LogP contribution in [-0.4, -0.2) is 27.0 Å². The third kappa shape index (κ3) is 4.40. The zero-order chi connectivity index (χ0) is 19.6. The molecule has 0 bridgehead atoms. The van der Waals surface area contributed by atoms with Crippen molar-refractivity contribution in [3.63, 3.8) is 0 Å². The van der Waals surface area contributed by atoms with Gasteiger partial charge in [-0.25, -0.2) is 15.0 Å². The Kier molecular flexibility index (Phi) is 6.31. The number of methoxy groups -OCH3 is 1.